The van der Waals surface area contributed by atoms with Gasteiger partial charge in [0.15, 0.2) is 0 Å². The Morgan fingerprint density at radius 1 is 1.32 bits per heavy atom. The number of nitrogens with zero attached hydrogens (tertiary/aromatic N) is 1. The van der Waals surface area contributed by atoms with Crippen LogP contribution in [0, 0.1) is 0 Å². The zero-order valence-corrected chi connectivity index (χ0v) is 12.0. The molecule has 1 aliphatic heterocycles. The second-order valence-electron chi connectivity index (χ2n) is 6.07. The number of aliphatic hydroxyl groups is 1. The van der Waals surface area contributed by atoms with Crippen molar-refractivity contribution in [2.45, 2.75) is 38.9 Å². The number of hydrogen-bond acceptors (Lipinski definition) is 3. The summed E-state index contributed by atoms with van der Waals surface area (Å²) < 4.78 is 5.76. The molecule has 0 aromatic heterocycles. The molecule has 1 N–H and O–H groups in total. The van der Waals surface area contributed by atoms with Crippen molar-refractivity contribution < 1.29 is 9.84 Å². The molecule has 0 aliphatic carbocycles. The maximum atomic E-state index is 9.56. The van der Waals surface area contributed by atoms with E-state index in [9.17, 15) is 5.11 Å². The molecule has 3 heteroatoms. The summed E-state index contributed by atoms with van der Waals surface area (Å²) >= 11 is 0. The molecule has 1 aliphatic rings. The van der Waals surface area contributed by atoms with Gasteiger partial charge in [0, 0.05) is 24.3 Å². The minimum atomic E-state index is -0.227. The van der Waals surface area contributed by atoms with Crippen molar-refractivity contribution in [3.8, 4) is 0 Å². The Morgan fingerprint density at radius 3 is 2.42 bits per heavy atom. The molecule has 0 spiro atoms. The van der Waals surface area contributed by atoms with Crippen LogP contribution in [0.1, 0.15) is 32.8 Å². The summed E-state index contributed by atoms with van der Waals surface area (Å²) in [5.74, 6) is 0.695. The van der Waals surface area contributed by atoms with E-state index in [1.807, 2.05) is 32.9 Å². The van der Waals surface area contributed by atoms with E-state index in [0.29, 0.717) is 5.76 Å². The second kappa shape index (κ2) is 5.25. The van der Waals surface area contributed by atoms with Crippen LogP contribution in [-0.4, -0.2) is 29.9 Å². The third kappa shape index (κ3) is 3.74. The lowest BCUT2D eigenvalue weighted by molar-refractivity contribution is 0.0976. The summed E-state index contributed by atoms with van der Waals surface area (Å²) in [5, 5.41) is 9.56. The van der Waals surface area contributed by atoms with Crippen molar-refractivity contribution in [3.05, 3.63) is 36.4 Å². The number of hydrogen-bond donors (Lipinski definition) is 1. The van der Waals surface area contributed by atoms with E-state index in [1.54, 1.807) is 0 Å². The fraction of sp³-hybridized carbons (Fsp3) is 0.500. The normalized spacial score (nSPS) is 19.6. The molecule has 1 atom stereocenters. The van der Waals surface area contributed by atoms with Crippen LogP contribution in [0.15, 0.2) is 30.8 Å². The minimum Gasteiger partial charge on any atom is -0.488 e. The molecule has 1 aromatic carbocycles. The van der Waals surface area contributed by atoms with Crippen LogP contribution in [-0.2, 0) is 4.74 Å². The van der Waals surface area contributed by atoms with Crippen molar-refractivity contribution in [2.75, 3.05) is 18.0 Å². The molecule has 0 amide bonds. The monoisotopic (exact) mass is 261 g/mol. The number of aliphatic hydroxyl groups excluding tert-OH is 1. The molecular formula is C16H23NO2. The van der Waals surface area contributed by atoms with E-state index in [-0.39, 0.29) is 11.7 Å². The van der Waals surface area contributed by atoms with Crippen LogP contribution in [0.3, 0.4) is 0 Å². The lowest BCUT2D eigenvalue weighted by atomic mass is 10.1. The van der Waals surface area contributed by atoms with Gasteiger partial charge in [-0.05, 0) is 51.5 Å². The molecule has 0 bridgehead atoms. The lowest BCUT2D eigenvalue weighted by Crippen LogP contribution is -2.21. The van der Waals surface area contributed by atoms with E-state index in [0.717, 1.165) is 30.8 Å². The number of rotatable bonds is 3. The van der Waals surface area contributed by atoms with E-state index in [2.05, 4.69) is 23.6 Å². The molecule has 19 heavy (non-hydrogen) atoms. The van der Waals surface area contributed by atoms with Crippen molar-refractivity contribution in [3.63, 3.8) is 0 Å². The zero-order valence-electron chi connectivity index (χ0n) is 12.0. The Labute approximate surface area is 115 Å². The summed E-state index contributed by atoms with van der Waals surface area (Å²) in [6.45, 7) is 11.6. The zero-order chi connectivity index (χ0) is 14.0. The molecule has 3 nitrogen and oxygen atoms in total. The van der Waals surface area contributed by atoms with Gasteiger partial charge in [0.05, 0.1) is 6.10 Å². The van der Waals surface area contributed by atoms with Crippen molar-refractivity contribution in [1.82, 2.24) is 0 Å². The van der Waals surface area contributed by atoms with Crippen LogP contribution >= 0.6 is 0 Å². The molecule has 104 valence electrons. The first-order valence-electron chi connectivity index (χ1n) is 6.76. The average molecular weight is 261 g/mol. The highest BCUT2D eigenvalue weighted by atomic mass is 16.5. The van der Waals surface area contributed by atoms with Crippen LogP contribution in [0.25, 0.3) is 5.76 Å². The van der Waals surface area contributed by atoms with Gasteiger partial charge in [0.1, 0.15) is 11.4 Å². The van der Waals surface area contributed by atoms with Crippen molar-refractivity contribution in [2.24, 2.45) is 0 Å². The first kappa shape index (κ1) is 13.9. The van der Waals surface area contributed by atoms with Gasteiger partial charge in [0.2, 0.25) is 0 Å². The molecule has 1 heterocycles. The SMILES string of the molecule is C=C(OC(C)(C)C)c1ccc(N2CC[C@H](O)C2)cc1. The predicted octanol–water partition coefficient (Wildman–Crippen LogP) is 3.04. The molecule has 1 fully saturated rings. The standard InChI is InChI=1S/C16H23NO2/c1-12(19-16(2,3)4)13-5-7-14(8-6-13)17-10-9-15(18)11-17/h5-8,15,18H,1,9-11H2,2-4H3/t15-/m0/s1. The molecule has 0 radical (unpaired) electrons. The van der Waals surface area contributed by atoms with E-state index in [4.69, 9.17) is 4.74 Å². The molecule has 1 saturated heterocycles. The van der Waals surface area contributed by atoms with Crippen LogP contribution < -0.4 is 4.90 Å². The van der Waals surface area contributed by atoms with Crippen molar-refractivity contribution >= 4 is 11.4 Å². The minimum absolute atomic E-state index is 0.195. The Bertz CT molecular complexity index is 445. The van der Waals surface area contributed by atoms with Gasteiger partial charge in [-0.15, -0.1) is 0 Å². The van der Waals surface area contributed by atoms with Crippen LogP contribution in [0.5, 0.6) is 0 Å². The van der Waals surface area contributed by atoms with E-state index in [1.165, 1.54) is 0 Å². The third-order valence-corrected chi connectivity index (χ3v) is 3.15. The van der Waals surface area contributed by atoms with Gasteiger partial charge >= 0.3 is 0 Å². The van der Waals surface area contributed by atoms with Gasteiger partial charge in [-0.2, -0.15) is 0 Å². The summed E-state index contributed by atoms with van der Waals surface area (Å²) in [6.07, 6.45) is 0.653. The smallest absolute Gasteiger partial charge is 0.120 e. The Hall–Kier alpha value is -1.48. The molecule has 0 unspecified atom stereocenters. The highest BCUT2D eigenvalue weighted by Crippen LogP contribution is 2.25. The third-order valence-electron chi connectivity index (χ3n) is 3.15. The Kier molecular flexibility index (Phi) is 3.85. The number of ether oxygens (including phenoxy) is 1. The lowest BCUT2D eigenvalue weighted by Gasteiger charge is -2.23. The second-order valence-corrected chi connectivity index (χ2v) is 6.07. The maximum absolute atomic E-state index is 9.56. The fourth-order valence-corrected chi connectivity index (χ4v) is 2.26. The molecule has 2 rings (SSSR count). The molecular weight excluding hydrogens is 238 g/mol. The quantitative estimate of drug-likeness (QED) is 0.849. The highest BCUT2D eigenvalue weighted by Gasteiger charge is 2.20. The van der Waals surface area contributed by atoms with Crippen molar-refractivity contribution in [1.29, 1.82) is 0 Å². The Balaban J connectivity index is 2.04. The fourth-order valence-electron chi connectivity index (χ4n) is 2.26. The molecule has 0 saturated carbocycles. The summed E-state index contributed by atoms with van der Waals surface area (Å²) in [6, 6.07) is 8.16. The van der Waals surface area contributed by atoms with Gasteiger partial charge in [0.25, 0.3) is 0 Å². The van der Waals surface area contributed by atoms with Gasteiger partial charge in [-0.25, -0.2) is 0 Å². The van der Waals surface area contributed by atoms with Crippen LogP contribution in [0.4, 0.5) is 5.69 Å². The number of β-amino-alcohol motifs (C(OH)–C–C–N with tert-alkyl or cyclic N) is 1. The topological polar surface area (TPSA) is 32.7 Å². The van der Waals surface area contributed by atoms with E-state index < -0.39 is 0 Å². The first-order chi connectivity index (χ1) is 8.85. The average Bonchev–Trinajstić information content (AvgIpc) is 2.74. The van der Waals surface area contributed by atoms with Gasteiger partial charge < -0.3 is 14.7 Å². The largest absolute Gasteiger partial charge is 0.488 e. The first-order valence-corrected chi connectivity index (χ1v) is 6.76. The summed E-state index contributed by atoms with van der Waals surface area (Å²) in [7, 11) is 0. The van der Waals surface area contributed by atoms with E-state index >= 15 is 0 Å². The maximum Gasteiger partial charge on any atom is 0.120 e. The number of anilines is 1. The number of benzene rings is 1. The highest BCUT2D eigenvalue weighted by molar-refractivity contribution is 5.61. The van der Waals surface area contributed by atoms with Crippen LogP contribution in [0.2, 0.25) is 0 Å². The van der Waals surface area contributed by atoms with Gasteiger partial charge in [-0.3, -0.25) is 0 Å². The van der Waals surface area contributed by atoms with Gasteiger partial charge in [-0.1, -0.05) is 6.58 Å². The molecule has 1 aromatic rings. The summed E-state index contributed by atoms with van der Waals surface area (Å²) in [5.41, 5.74) is 1.91. The Morgan fingerprint density at radius 2 is 1.95 bits per heavy atom. The predicted molar refractivity (Wildman–Crippen MR) is 79.2 cm³/mol. The summed E-state index contributed by atoms with van der Waals surface area (Å²) in [4.78, 5) is 2.20.